The Morgan fingerprint density at radius 2 is 1.76 bits per heavy atom. The lowest BCUT2D eigenvalue weighted by Gasteiger charge is -2.23. The zero-order valence-electron chi connectivity index (χ0n) is 12.8. The van der Waals surface area contributed by atoms with Crippen molar-refractivity contribution in [3.8, 4) is 0 Å². The van der Waals surface area contributed by atoms with E-state index in [1.807, 2.05) is 43.3 Å². The second kappa shape index (κ2) is 6.02. The molecule has 0 bridgehead atoms. The highest BCUT2D eigenvalue weighted by atomic mass is 79.9. The number of benzene rings is 2. The Morgan fingerprint density at radius 1 is 1.10 bits per heavy atom. The predicted molar refractivity (Wildman–Crippen MR) is 92.0 cm³/mol. The summed E-state index contributed by atoms with van der Waals surface area (Å²) in [6.07, 6.45) is 0. The van der Waals surface area contributed by atoms with Crippen LogP contribution in [0.25, 0.3) is 0 Å². The molecule has 1 amide bonds. The lowest BCUT2D eigenvalue weighted by molar-refractivity contribution is 0.102. The smallest absolute Gasteiger partial charge is 0.255 e. The molecule has 0 atom stereocenters. The summed E-state index contributed by atoms with van der Waals surface area (Å²) >= 11 is 3.47. The van der Waals surface area contributed by atoms with E-state index >= 15 is 0 Å². The van der Waals surface area contributed by atoms with Gasteiger partial charge in [0, 0.05) is 15.7 Å². The highest BCUT2D eigenvalue weighted by Crippen LogP contribution is 2.29. The van der Waals surface area contributed by atoms with Gasteiger partial charge in [-0.15, -0.1) is 0 Å². The van der Waals surface area contributed by atoms with Crippen molar-refractivity contribution < 1.29 is 4.79 Å². The Kier molecular flexibility index (Phi) is 4.52. The fourth-order valence-corrected chi connectivity index (χ4v) is 2.55. The van der Waals surface area contributed by atoms with Crippen LogP contribution in [0.15, 0.2) is 46.9 Å². The van der Waals surface area contributed by atoms with Crippen molar-refractivity contribution in [1.82, 2.24) is 0 Å². The minimum atomic E-state index is -0.0904. The van der Waals surface area contributed by atoms with Crippen molar-refractivity contribution in [3.63, 3.8) is 0 Å². The summed E-state index contributed by atoms with van der Waals surface area (Å²) < 4.78 is 0.944. The summed E-state index contributed by atoms with van der Waals surface area (Å²) in [5, 5.41) is 3.02. The number of para-hydroxylation sites is 1. The molecule has 0 aliphatic heterocycles. The summed E-state index contributed by atoms with van der Waals surface area (Å²) in [5.41, 5.74) is 3.74. The zero-order valence-corrected chi connectivity index (χ0v) is 14.4. The number of carbonyl (C=O) groups excluding carboxylic acids is 1. The number of nitrogens with one attached hydrogen (secondary N) is 1. The topological polar surface area (TPSA) is 29.1 Å². The van der Waals surface area contributed by atoms with Gasteiger partial charge in [0.25, 0.3) is 5.91 Å². The van der Waals surface area contributed by atoms with Gasteiger partial charge in [-0.05, 0) is 41.7 Å². The Balaban J connectivity index is 2.30. The van der Waals surface area contributed by atoms with E-state index in [4.69, 9.17) is 0 Å². The average Bonchev–Trinajstić information content (AvgIpc) is 2.41. The van der Waals surface area contributed by atoms with E-state index in [9.17, 15) is 4.79 Å². The van der Waals surface area contributed by atoms with Gasteiger partial charge in [0.05, 0.1) is 0 Å². The Labute approximate surface area is 134 Å². The first-order valence-electron chi connectivity index (χ1n) is 6.96. The molecule has 3 heteroatoms. The lowest BCUT2D eigenvalue weighted by atomic mass is 9.86. The quantitative estimate of drug-likeness (QED) is 0.785. The number of halogens is 1. The predicted octanol–water partition coefficient (Wildman–Crippen LogP) is 5.31. The monoisotopic (exact) mass is 345 g/mol. The van der Waals surface area contributed by atoms with Gasteiger partial charge >= 0.3 is 0 Å². The van der Waals surface area contributed by atoms with Crippen LogP contribution in [0, 0.1) is 6.92 Å². The maximum Gasteiger partial charge on any atom is 0.255 e. The number of rotatable bonds is 2. The SMILES string of the molecule is Cc1ccc(C(=O)Nc2ccccc2C(C)(C)C)cc1Br. The van der Waals surface area contributed by atoms with Crippen molar-refractivity contribution in [2.45, 2.75) is 33.1 Å². The second-order valence-corrected chi connectivity index (χ2v) is 7.07. The number of carbonyl (C=O) groups is 1. The first-order valence-corrected chi connectivity index (χ1v) is 7.75. The first kappa shape index (κ1) is 15.8. The molecule has 0 heterocycles. The Morgan fingerprint density at radius 3 is 2.38 bits per heavy atom. The van der Waals surface area contributed by atoms with Crippen molar-refractivity contribution >= 4 is 27.5 Å². The van der Waals surface area contributed by atoms with Gasteiger partial charge in [-0.3, -0.25) is 4.79 Å². The molecule has 21 heavy (non-hydrogen) atoms. The number of amides is 1. The third-order valence-electron chi connectivity index (χ3n) is 3.42. The van der Waals surface area contributed by atoms with Crippen LogP contribution in [0.2, 0.25) is 0 Å². The first-order chi connectivity index (χ1) is 9.79. The third-order valence-corrected chi connectivity index (χ3v) is 4.27. The summed E-state index contributed by atoms with van der Waals surface area (Å²) in [5.74, 6) is -0.0904. The Bertz CT molecular complexity index is 671. The van der Waals surface area contributed by atoms with Crippen LogP contribution in [0.3, 0.4) is 0 Å². The molecular formula is C18H20BrNO. The summed E-state index contributed by atoms with van der Waals surface area (Å²) in [6, 6.07) is 13.6. The maximum absolute atomic E-state index is 12.4. The number of aryl methyl sites for hydroxylation is 1. The molecule has 2 nitrogen and oxygen atoms in total. The summed E-state index contributed by atoms with van der Waals surface area (Å²) in [4.78, 5) is 12.4. The van der Waals surface area contributed by atoms with Crippen LogP contribution < -0.4 is 5.32 Å². The maximum atomic E-state index is 12.4. The largest absolute Gasteiger partial charge is 0.322 e. The van der Waals surface area contributed by atoms with Gasteiger partial charge in [-0.1, -0.05) is 61.0 Å². The summed E-state index contributed by atoms with van der Waals surface area (Å²) in [7, 11) is 0. The van der Waals surface area contributed by atoms with Gasteiger partial charge in [0.1, 0.15) is 0 Å². The van der Waals surface area contributed by atoms with Crippen molar-refractivity contribution in [1.29, 1.82) is 0 Å². The molecule has 0 unspecified atom stereocenters. The molecule has 110 valence electrons. The van der Waals surface area contributed by atoms with E-state index < -0.39 is 0 Å². The van der Waals surface area contributed by atoms with Gasteiger partial charge in [-0.2, -0.15) is 0 Å². The molecule has 0 aromatic heterocycles. The van der Waals surface area contributed by atoms with E-state index in [1.54, 1.807) is 0 Å². The second-order valence-electron chi connectivity index (χ2n) is 6.21. The molecule has 0 spiro atoms. The van der Waals surface area contributed by atoms with Crippen LogP contribution in [0.5, 0.6) is 0 Å². The fraction of sp³-hybridized carbons (Fsp3) is 0.278. The fourth-order valence-electron chi connectivity index (χ4n) is 2.17. The minimum Gasteiger partial charge on any atom is -0.322 e. The van der Waals surface area contributed by atoms with Gasteiger partial charge in [0.15, 0.2) is 0 Å². The van der Waals surface area contributed by atoms with Crippen LogP contribution in [-0.2, 0) is 5.41 Å². The van der Waals surface area contributed by atoms with Crippen molar-refractivity contribution in [2.75, 3.05) is 5.32 Å². The minimum absolute atomic E-state index is 0.0161. The Hall–Kier alpha value is -1.61. The van der Waals surface area contributed by atoms with Crippen LogP contribution >= 0.6 is 15.9 Å². The normalized spacial score (nSPS) is 11.3. The average molecular weight is 346 g/mol. The van der Waals surface area contributed by atoms with E-state index in [0.717, 1.165) is 21.3 Å². The van der Waals surface area contributed by atoms with Crippen LogP contribution in [0.1, 0.15) is 42.3 Å². The van der Waals surface area contributed by atoms with Crippen molar-refractivity contribution in [3.05, 3.63) is 63.6 Å². The number of hydrogen-bond donors (Lipinski definition) is 1. The molecule has 0 radical (unpaired) electrons. The molecule has 0 aliphatic carbocycles. The molecule has 0 saturated carbocycles. The zero-order chi connectivity index (χ0) is 15.6. The van der Waals surface area contributed by atoms with E-state index in [1.165, 1.54) is 0 Å². The van der Waals surface area contributed by atoms with Crippen LogP contribution in [-0.4, -0.2) is 5.91 Å². The molecule has 1 N–H and O–H groups in total. The van der Waals surface area contributed by atoms with Crippen molar-refractivity contribution in [2.24, 2.45) is 0 Å². The molecule has 0 saturated heterocycles. The lowest BCUT2D eigenvalue weighted by Crippen LogP contribution is -2.18. The highest BCUT2D eigenvalue weighted by Gasteiger charge is 2.19. The van der Waals surface area contributed by atoms with E-state index in [0.29, 0.717) is 5.56 Å². The van der Waals surface area contributed by atoms with Gasteiger partial charge < -0.3 is 5.32 Å². The van der Waals surface area contributed by atoms with Gasteiger partial charge in [0.2, 0.25) is 0 Å². The highest BCUT2D eigenvalue weighted by molar-refractivity contribution is 9.10. The molecule has 0 fully saturated rings. The standard InChI is InChI=1S/C18H20BrNO/c1-12-9-10-13(11-15(12)19)17(21)20-16-8-6-5-7-14(16)18(2,3)4/h5-11H,1-4H3,(H,20,21). The molecule has 0 aliphatic rings. The molecular weight excluding hydrogens is 326 g/mol. The summed E-state index contributed by atoms with van der Waals surface area (Å²) in [6.45, 7) is 8.42. The van der Waals surface area contributed by atoms with Crippen LogP contribution in [0.4, 0.5) is 5.69 Å². The van der Waals surface area contributed by atoms with E-state index in [-0.39, 0.29) is 11.3 Å². The third kappa shape index (κ3) is 3.73. The van der Waals surface area contributed by atoms with E-state index in [2.05, 4.69) is 48.1 Å². The number of hydrogen-bond acceptors (Lipinski definition) is 1. The molecule has 2 aromatic carbocycles. The molecule has 2 aromatic rings. The molecule has 2 rings (SSSR count). The van der Waals surface area contributed by atoms with Gasteiger partial charge in [-0.25, -0.2) is 0 Å². The number of anilines is 1.